The van der Waals surface area contributed by atoms with E-state index in [4.69, 9.17) is 16.9 Å². The summed E-state index contributed by atoms with van der Waals surface area (Å²) < 4.78 is 0. The number of aliphatic hydroxyl groups is 1. The van der Waals surface area contributed by atoms with Crippen LogP contribution in [0.5, 0.6) is 0 Å². The van der Waals surface area contributed by atoms with E-state index in [-0.39, 0.29) is 6.04 Å². The van der Waals surface area contributed by atoms with Gasteiger partial charge in [-0.1, -0.05) is 24.4 Å². The molecule has 2 atom stereocenters. The highest BCUT2D eigenvalue weighted by Crippen LogP contribution is 2.33. The molecule has 0 radical (unpaired) electrons. The summed E-state index contributed by atoms with van der Waals surface area (Å²) in [5, 5.41) is 23.2. The van der Waals surface area contributed by atoms with Crippen molar-refractivity contribution in [1.29, 1.82) is 5.26 Å². The van der Waals surface area contributed by atoms with E-state index < -0.39 is 5.60 Å². The van der Waals surface area contributed by atoms with Gasteiger partial charge in [-0.25, -0.2) is 0 Å². The zero-order chi connectivity index (χ0) is 14.0. The molecule has 2 N–H and O–H groups in total. The standard InChI is InChI=1S/C15H19ClN2O/c1-10-12(7-6-11(9-17)14(10)16)18-13-5-3-4-8-15(13,2)19/h6-7,13,18-19H,3-5,8H2,1-2H3. The Morgan fingerprint density at radius 1 is 1.47 bits per heavy atom. The number of halogens is 1. The molecule has 102 valence electrons. The van der Waals surface area contributed by atoms with Gasteiger partial charge >= 0.3 is 0 Å². The van der Waals surface area contributed by atoms with E-state index in [1.165, 1.54) is 0 Å². The van der Waals surface area contributed by atoms with Crippen molar-refractivity contribution in [3.8, 4) is 6.07 Å². The van der Waals surface area contributed by atoms with Gasteiger partial charge in [0.2, 0.25) is 0 Å². The van der Waals surface area contributed by atoms with Gasteiger partial charge in [-0.05, 0) is 44.4 Å². The van der Waals surface area contributed by atoms with Crippen molar-refractivity contribution >= 4 is 17.3 Å². The Morgan fingerprint density at radius 3 is 2.84 bits per heavy atom. The summed E-state index contributed by atoms with van der Waals surface area (Å²) in [5.74, 6) is 0. The van der Waals surface area contributed by atoms with Crippen molar-refractivity contribution in [2.24, 2.45) is 0 Å². The summed E-state index contributed by atoms with van der Waals surface area (Å²) in [6.45, 7) is 3.77. The number of hydrogen-bond acceptors (Lipinski definition) is 3. The molecule has 1 aromatic rings. The normalized spacial score (nSPS) is 26.8. The fourth-order valence-corrected chi connectivity index (χ4v) is 2.87. The molecule has 4 heteroatoms. The molecule has 0 amide bonds. The lowest BCUT2D eigenvalue weighted by Crippen LogP contribution is -2.46. The van der Waals surface area contributed by atoms with Crippen molar-refractivity contribution in [2.45, 2.75) is 51.2 Å². The summed E-state index contributed by atoms with van der Waals surface area (Å²) in [5.41, 5.74) is 1.56. The molecule has 1 fully saturated rings. The van der Waals surface area contributed by atoms with E-state index >= 15 is 0 Å². The molecule has 2 unspecified atom stereocenters. The lowest BCUT2D eigenvalue weighted by molar-refractivity contribution is 0.0106. The Morgan fingerprint density at radius 2 is 2.21 bits per heavy atom. The second-order valence-electron chi connectivity index (χ2n) is 5.51. The van der Waals surface area contributed by atoms with E-state index in [1.54, 1.807) is 6.07 Å². The van der Waals surface area contributed by atoms with Crippen LogP contribution < -0.4 is 5.32 Å². The lowest BCUT2D eigenvalue weighted by Gasteiger charge is -2.38. The van der Waals surface area contributed by atoms with E-state index in [0.29, 0.717) is 10.6 Å². The zero-order valence-corrected chi connectivity index (χ0v) is 12.1. The first-order valence-electron chi connectivity index (χ1n) is 6.64. The minimum Gasteiger partial charge on any atom is -0.388 e. The topological polar surface area (TPSA) is 56.0 Å². The van der Waals surface area contributed by atoms with Gasteiger partial charge in [0.25, 0.3) is 0 Å². The molecule has 1 saturated carbocycles. The van der Waals surface area contributed by atoms with Crippen LogP contribution in [0, 0.1) is 18.3 Å². The molecule has 3 nitrogen and oxygen atoms in total. The average molecular weight is 279 g/mol. The van der Waals surface area contributed by atoms with E-state index in [9.17, 15) is 5.11 Å². The van der Waals surface area contributed by atoms with E-state index in [1.807, 2.05) is 19.9 Å². The molecule has 0 bridgehead atoms. The van der Waals surface area contributed by atoms with E-state index in [0.717, 1.165) is 36.9 Å². The molecular formula is C15H19ClN2O. The summed E-state index contributed by atoms with van der Waals surface area (Å²) >= 11 is 6.16. The fourth-order valence-electron chi connectivity index (χ4n) is 2.66. The predicted octanol–water partition coefficient (Wildman–Crippen LogP) is 3.63. The maximum Gasteiger partial charge on any atom is 0.101 e. The van der Waals surface area contributed by atoms with Gasteiger partial charge in [-0.2, -0.15) is 5.26 Å². The number of rotatable bonds is 2. The summed E-state index contributed by atoms with van der Waals surface area (Å²) in [7, 11) is 0. The van der Waals surface area contributed by atoms with Crippen LogP contribution in [0.1, 0.15) is 43.7 Å². The third-order valence-corrected chi connectivity index (χ3v) is 4.50. The van der Waals surface area contributed by atoms with Gasteiger partial charge in [0, 0.05) is 5.69 Å². The Kier molecular flexibility index (Phi) is 4.03. The Balaban J connectivity index is 2.24. The smallest absolute Gasteiger partial charge is 0.101 e. The molecule has 0 heterocycles. The third-order valence-electron chi connectivity index (χ3n) is 4.01. The Labute approximate surface area is 119 Å². The van der Waals surface area contributed by atoms with Gasteiger partial charge in [0.15, 0.2) is 0 Å². The first kappa shape index (κ1) is 14.2. The van der Waals surface area contributed by atoms with Crippen molar-refractivity contribution < 1.29 is 5.11 Å². The maximum absolute atomic E-state index is 10.4. The van der Waals surface area contributed by atoms with Crippen LogP contribution in [0.3, 0.4) is 0 Å². The first-order valence-corrected chi connectivity index (χ1v) is 7.01. The summed E-state index contributed by atoms with van der Waals surface area (Å²) in [6, 6.07) is 5.69. The minimum absolute atomic E-state index is 0.0314. The van der Waals surface area contributed by atoms with Crippen molar-refractivity contribution in [3.05, 3.63) is 28.3 Å². The number of benzene rings is 1. The maximum atomic E-state index is 10.4. The lowest BCUT2D eigenvalue weighted by atomic mass is 9.81. The molecule has 0 aliphatic heterocycles. The average Bonchev–Trinajstić information content (AvgIpc) is 2.37. The number of nitrogens with one attached hydrogen (secondary N) is 1. The number of anilines is 1. The van der Waals surface area contributed by atoms with Gasteiger partial charge in [0.05, 0.1) is 22.2 Å². The minimum atomic E-state index is -0.689. The Hall–Kier alpha value is -1.24. The summed E-state index contributed by atoms with van der Waals surface area (Å²) in [6.07, 6.45) is 3.95. The number of nitriles is 1. The highest BCUT2D eigenvalue weighted by atomic mass is 35.5. The van der Waals surface area contributed by atoms with Crippen LogP contribution in [0.2, 0.25) is 5.02 Å². The van der Waals surface area contributed by atoms with Gasteiger partial charge in [-0.15, -0.1) is 0 Å². The molecule has 1 aliphatic rings. The van der Waals surface area contributed by atoms with Crippen molar-refractivity contribution in [3.63, 3.8) is 0 Å². The van der Waals surface area contributed by atoms with Gasteiger partial charge in [0.1, 0.15) is 6.07 Å². The Bertz CT molecular complexity index is 520. The highest BCUT2D eigenvalue weighted by Gasteiger charge is 2.34. The van der Waals surface area contributed by atoms with Crippen molar-refractivity contribution in [1.82, 2.24) is 0 Å². The quantitative estimate of drug-likeness (QED) is 0.869. The first-order chi connectivity index (χ1) is 8.95. The van der Waals surface area contributed by atoms with Crippen LogP contribution in [0.25, 0.3) is 0 Å². The second kappa shape index (κ2) is 5.40. The van der Waals surface area contributed by atoms with Gasteiger partial charge < -0.3 is 10.4 Å². The molecule has 0 spiro atoms. The molecular weight excluding hydrogens is 260 g/mol. The van der Waals surface area contributed by atoms with Gasteiger partial charge in [-0.3, -0.25) is 0 Å². The largest absolute Gasteiger partial charge is 0.388 e. The molecule has 1 aliphatic carbocycles. The van der Waals surface area contributed by atoms with Crippen LogP contribution >= 0.6 is 11.6 Å². The van der Waals surface area contributed by atoms with Crippen molar-refractivity contribution in [2.75, 3.05) is 5.32 Å². The van der Waals surface area contributed by atoms with E-state index in [2.05, 4.69) is 11.4 Å². The fraction of sp³-hybridized carbons (Fsp3) is 0.533. The van der Waals surface area contributed by atoms with Crippen LogP contribution in [0.4, 0.5) is 5.69 Å². The number of hydrogen-bond donors (Lipinski definition) is 2. The second-order valence-corrected chi connectivity index (χ2v) is 5.89. The molecule has 1 aromatic carbocycles. The zero-order valence-electron chi connectivity index (χ0n) is 11.3. The molecule has 2 rings (SSSR count). The van der Waals surface area contributed by atoms with Crippen LogP contribution in [0.15, 0.2) is 12.1 Å². The van der Waals surface area contributed by atoms with Crippen LogP contribution in [-0.4, -0.2) is 16.7 Å². The molecule has 0 saturated heterocycles. The SMILES string of the molecule is Cc1c(NC2CCCCC2(C)O)ccc(C#N)c1Cl. The summed E-state index contributed by atoms with van der Waals surface area (Å²) in [4.78, 5) is 0. The third kappa shape index (κ3) is 2.86. The van der Waals surface area contributed by atoms with Crippen LogP contribution in [-0.2, 0) is 0 Å². The molecule has 0 aromatic heterocycles. The monoisotopic (exact) mass is 278 g/mol. The predicted molar refractivity (Wildman–Crippen MR) is 77.4 cm³/mol. The highest BCUT2D eigenvalue weighted by molar-refractivity contribution is 6.32. The number of nitrogens with zero attached hydrogens (tertiary/aromatic N) is 1. The molecule has 19 heavy (non-hydrogen) atoms.